The maximum atomic E-state index is 12.2. The highest BCUT2D eigenvalue weighted by Gasteiger charge is 2.27. The van der Waals surface area contributed by atoms with E-state index in [-0.39, 0.29) is 29.3 Å². The van der Waals surface area contributed by atoms with Crippen LogP contribution in [0.2, 0.25) is 0 Å². The van der Waals surface area contributed by atoms with Crippen molar-refractivity contribution in [1.82, 2.24) is 15.1 Å². The van der Waals surface area contributed by atoms with Crippen molar-refractivity contribution in [2.45, 2.75) is 65.5 Å². The summed E-state index contributed by atoms with van der Waals surface area (Å²) in [5.41, 5.74) is -0.0831. The Bertz CT molecular complexity index is 372. The van der Waals surface area contributed by atoms with Crippen LogP contribution in [-0.4, -0.2) is 58.9 Å². The smallest absolute Gasteiger partial charge is 0.223 e. The summed E-state index contributed by atoms with van der Waals surface area (Å²) in [6.07, 6.45) is 0.576. The van der Waals surface area contributed by atoms with E-state index < -0.39 is 0 Å². The molecule has 0 radical (unpaired) electrons. The number of amides is 2. The van der Waals surface area contributed by atoms with Crippen molar-refractivity contribution in [2.75, 3.05) is 26.2 Å². The third kappa shape index (κ3) is 6.46. The van der Waals surface area contributed by atoms with Gasteiger partial charge in [-0.3, -0.25) is 14.5 Å². The minimum absolute atomic E-state index is 0.0517. The van der Waals surface area contributed by atoms with E-state index in [0.29, 0.717) is 6.42 Å². The molecule has 0 saturated carbocycles. The normalized spacial score (nSPS) is 17.7. The van der Waals surface area contributed by atoms with E-state index in [4.69, 9.17) is 0 Å². The maximum Gasteiger partial charge on any atom is 0.223 e. The molecule has 0 atom stereocenters. The zero-order valence-corrected chi connectivity index (χ0v) is 14.5. The number of carbonyl (C=O) groups is 2. The van der Waals surface area contributed by atoms with Crippen LogP contribution in [0.1, 0.15) is 54.4 Å². The molecule has 0 spiro atoms. The highest BCUT2D eigenvalue weighted by atomic mass is 16.2. The molecule has 5 nitrogen and oxygen atoms in total. The van der Waals surface area contributed by atoms with Crippen molar-refractivity contribution >= 4 is 11.8 Å². The van der Waals surface area contributed by atoms with Crippen LogP contribution in [0.3, 0.4) is 0 Å². The lowest BCUT2D eigenvalue weighted by molar-refractivity contribution is -0.136. The fraction of sp³-hybridized carbons (Fsp3) is 0.875. The minimum atomic E-state index is -0.238. The Morgan fingerprint density at radius 1 is 0.905 bits per heavy atom. The molecule has 0 aromatic heterocycles. The average Bonchev–Trinajstić information content (AvgIpc) is 2.33. The first kappa shape index (κ1) is 18.0. The lowest BCUT2D eigenvalue weighted by Crippen LogP contribution is -2.54. The molecule has 21 heavy (non-hydrogen) atoms. The summed E-state index contributed by atoms with van der Waals surface area (Å²) in [4.78, 5) is 28.2. The predicted molar refractivity (Wildman–Crippen MR) is 85.0 cm³/mol. The van der Waals surface area contributed by atoms with E-state index in [2.05, 4.69) is 31.0 Å². The molecule has 0 unspecified atom stereocenters. The molecule has 0 bridgehead atoms. The van der Waals surface area contributed by atoms with E-state index in [9.17, 15) is 9.59 Å². The highest BCUT2D eigenvalue weighted by Crippen LogP contribution is 2.16. The molecular formula is C16H31N3O2. The summed E-state index contributed by atoms with van der Waals surface area (Å²) >= 11 is 0. The molecule has 1 N–H and O–H groups in total. The molecule has 2 amide bonds. The lowest BCUT2D eigenvalue weighted by Gasteiger charge is -2.42. The first-order valence-electron chi connectivity index (χ1n) is 7.83. The molecule has 122 valence electrons. The Morgan fingerprint density at radius 2 is 1.43 bits per heavy atom. The lowest BCUT2D eigenvalue weighted by atomic mass is 10.0. The first-order valence-corrected chi connectivity index (χ1v) is 7.83. The fourth-order valence-electron chi connectivity index (χ4n) is 2.49. The maximum absolute atomic E-state index is 12.2. The highest BCUT2D eigenvalue weighted by molar-refractivity contribution is 5.84. The van der Waals surface area contributed by atoms with E-state index in [0.717, 1.165) is 26.2 Å². The number of hydrogen-bond acceptors (Lipinski definition) is 3. The van der Waals surface area contributed by atoms with Gasteiger partial charge in [0.1, 0.15) is 0 Å². The molecule has 1 fully saturated rings. The monoisotopic (exact) mass is 297 g/mol. The Kier molecular flexibility index (Phi) is 5.79. The standard InChI is InChI=1S/C16H31N3O2/c1-15(2,3)17-13(20)7-8-14(21)18-9-11-19(12-10-18)16(4,5)6/h7-12H2,1-6H3,(H,17,20). The Morgan fingerprint density at radius 3 is 1.86 bits per heavy atom. The third-order valence-electron chi connectivity index (χ3n) is 3.66. The van der Waals surface area contributed by atoms with Crippen molar-refractivity contribution in [3.8, 4) is 0 Å². The van der Waals surface area contributed by atoms with Crippen molar-refractivity contribution in [1.29, 1.82) is 0 Å². The predicted octanol–water partition coefficient (Wildman–Crippen LogP) is 1.62. The Labute approximate surface area is 129 Å². The van der Waals surface area contributed by atoms with Gasteiger partial charge in [-0.1, -0.05) is 0 Å². The summed E-state index contributed by atoms with van der Waals surface area (Å²) in [5.74, 6) is 0.0387. The van der Waals surface area contributed by atoms with E-state index in [1.807, 2.05) is 25.7 Å². The topological polar surface area (TPSA) is 52.7 Å². The number of carbonyl (C=O) groups excluding carboxylic acids is 2. The molecule has 0 aromatic rings. The van der Waals surface area contributed by atoms with E-state index >= 15 is 0 Å². The van der Waals surface area contributed by atoms with Crippen LogP contribution in [0.5, 0.6) is 0 Å². The molecule has 5 heteroatoms. The SMILES string of the molecule is CC(C)(C)NC(=O)CCC(=O)N1CCN(C(C)(C)C)CC1. The number of rotatable bonds is 3. The molecule has 1 rings (SSSR count). The van der Waals surface area contributed by atoms with Gasteiger partial charge >= 0.3 is 0 Å². The Balaban J connectivity index is 2.33. The van der Waals surface area contributed by atoms with Crippen molar-refractivity contribution in [3.05, 3.63) is 0 Å². The van der Waals surface area contributed by atoms with Gasteiger partial charge in [0.25, 0.3) is 0 Å². The summed E-state index contributed by atoms with van der Waals surface area (Å²) in [5, 5.41) is 2.89. The van der Waals surface area contributed by atoms with Gasteiger partial charge in [0.2, 0.25) is 11.8 Å². The zero-order valence-electron chi connectivity index (χ0n) is 14.5. The van der Waals surface area contributed by atoms with Crippen molar-refractivity contribution in [2.24, 2.45) is 0 Å². The molecular weight excluding hydrogens is 266 g/mol. The number of piperazine rings is 1. The van der Waals surface area contributed by atoms with E-state index in [1.54, 1.807) is 0 Å². The third-order valence-corrected chi connectivity index (χ3v) is 3.66. The first-order chi connectivity index (χ1) is 9.49. The van der Waals surface area contributed by atoms with Gasteiger partial charge in [0, 0.05) is 50.1 Å². The number of nitrogens with zero attached hydrogens (tertiary/aromatic N) is 2. The molecule has 0 aliphatic carbocycles. The van der Waals surface area contributed by atoms with Crippen LogP contribution in [-0.2, 0) is 9.59 Å². The summed E-state index contributed by atoms with van der Waals surface area (Å²) in [6.45, 7) is 15.8. The van der Waals surface area contributed by atoms with Crippen LogP contribution in [0.25, 0.3) is 0 Å². The largest absolute Gasteiger partial charge is 0.351 e. The van der Waals surface area contributed by atoms with Gasteiger partial charge < -0.3 is 10.2 Å². The van der Waals surface area contributed by atoms with Crippen molar-refractivity contribution in [3.63, 3.8) is 0 Å². The Hall–Kier alpha value is -1.10. The second kappa shape index (κ2) is 6.77. The second-order valence-corrected chi connectivity index (χ2v) is 7.84. The van der Waals surface area contributed by atoms with Gasteiger partial charge in [-0.25, -0.2) is 0 Å². The summed E-state index contributed by atoms with van der Waals surface area (Å²) in [6, 6.07) is 0. The van der Waals surface area contributed by atoms with Gasteiger partial charge in [0.15, 0.2) is 0 Å². The van der Waals surface area contributed by atoms with Gasteiger partial charge in [-0.05, 0) is 41.5 Å². The fourth-order valence-corrected chi connectivity index (χ4v) is 2.49. The molecule has 1 saturated heterocycles. The molecule has 1 heterocycles. The van der Waals surface area contributed by atoms with Crippen LogP contribution in [0.4, 0.5) is 0 Å². The molecule has 0 aromatic carbocycles. The van der Waals surface area contributed by atoms with Crippen molar-refractivity contribution < 1.29 is 9.59 Å². The van der Waals surface area contributed by atoms with Gasteiger partial charge in [-0.2, -0.15) is 0 Å². The van der Waals surface area contributed by atoms with Crippen LogP contribution < -0.4 is 5.32 Å². The van der Waals surface area contributed by atoms with Gasteiger partial charge in [-0.15, -0.1) is 0 Å². The quantitative estimate of drug-likeness (QED) is 0.861. The summed E-state index contributed by atoms with van der Waals surface area (Å²) < 4.78 is 0. The second-order valence-electron chi connectivity index (χ2n) is 7.84. The minimum Gasteiger partial charge on any atom is -0.351 e. The molecule has 1 aliphatic rings. The average molecular weight is 297 g/mol. The van der Waals surface area contributed by atoms with Gasteiger partial charge in [0.05, 0.1) is 0 Å². The van der Waals surface area contributed by atoms with Crippen LogP contribution in [0, 0.1) is 0 Å². The number of nitrogens with one attached hydrogen (secondary N) is 1. The van der Waals surface area contributed by atoms with Crippen LogP contribution in [0.15, 0.2) is 0 Å². The van der Waals surface area contributed by atoms with E-state index in [1.165, 1.54) is 0 Å². The summed E-state index contributed by atoms with van der Waals surface area (Å²) in [7, 11) is 0. The zero-order chi connectivity index (χ0) is 16.3. The number of hydrogen-bond donors (Lipinski definition) is 1. The van der Waals surface area contributed by atoms with Crippen LogP contribution >= 0.6 is 0 Å². The molecule has 1 aliphatic heterocycles.